The van der Waals surface area contributed by atoms with E-state index in [4.69, 9.17) is 0 Å². The zero-order valence-electron chi connectivity index (χ0n) is 8.14. The first-order chi connectivity index (χ1) is 7.36. The minimum Gasteiger partial charge on any atom is -0.462 e. The van der Waals surface area contributed by atoms with Gasteiger partial charge in [0.05, 0.1) is 17.7 Å². The third-order valence-corrected chi connectivity index (χ3v) is 1.67. The highest BCUT2D eigenvalue weighted by molar-refractivity contribution is 5.90. The molecule has 0 amide bonds. The fourth-order valence-electron chi connectivity index (χ4n) is 1.04. The number of pyridine rings is 1. The smallest absolute Gasteiger partial charge is 0.417 e. The molecule has 1 heterocycles. The molecule has 0 fully saturated rings. The Morgan fingerprint density at radius 2 is 2.12 bits per heavy atom. The van der Waals surface area contributed by atoms with Crippen LogP contribution in [0.4, 0.5) is 17.6 Å². The van der Waals surface area contributed by atoms with Gasteiger partial charge in [0, 0.05) is 12.3 Å². The normalized spacial score (nSPS) is 11.3. The maximum Gasteiger partial charge on any atom is 0.417 e. The lowest BCUT2D eigenvalue weighted by atomic mass is 10.1. The summed E-state index contributed by atoms with van der Waals surface area (Å²) in [6.45, 7) is 1.37. The molecule has 0 aliphatic carbocycles. The summed E-state index contributed by atoms with van der Waals surface area (Å²) in [5.41, 5.74) is -2.19. The average Bonchev–Trinajstić information content (AvgIpc) is 2.16. The number of carbonyl (C=O) groups excluding carboxylic acids is 1. The second-order valence-electron chi connectivity index (χ2n) is 2.77. The maximum atomic E-state index is 12.6. The summed E-state index contributed by atoms with van der Waals surface area (Å²) in [5, 5.41) is 0. The van der Waals surface area contributed by atoms with E-state index >= 15 is 0 Å². The Morgan fingerprint density at radius 1 is 1.50 bits per heavy atom. The Labute approximate surface area is 88.0 Å². The van der Waals surface area contributed by atoms with E-state index in [9.17, 15) is 22.4 Å². The van der Waals surface area contributed by atoms with Crippen molar-refractivity contribution >= 4 is 5.97 Å². The maximum absolute atomic E-state index is 12.6. The van der Waals surface area contributed by atoms with Crippen LogP contribution in [0.25, 0.3) is 0 Å². The van der Waals surface area contributed by atoms with Crippen LogP contribution in [0.5, 0.6) is 0 Å². The van der Waals surface area contributed by atoms with E-state index in [-0.39, 0.29) is 12.7 Å². The van der Waals surface area contributed by atoms with Gasteiger partial charge in [-0.3, -0.25) is 0 Å². The lowest BCUT2D eigenvalue weighted by Crippen LogP contribution is -2.16. The third-order valence-electron chi connectivity index (χ3n) is 1.67. The largest absolute Gasteiger partial charge is 0.462 e. The van der Waals surface area contributed by atoms with E-state index < -0.39 is 29.2 Å². The SMILES string of the molecule is CCOC(=O)c1cnc(F)cc1C(F)(F)F. The van der Waals surface area contributed by atoms with Gasteiger partial charge in [-0.1, -0.05) is 0 Å². The predicted molar refractivity (Wildman–Crippen MR) is 45.2 cm³/mol. The van der Waals surface area contributed by atoms with E-state index in [0.717, 1.165) is 0 Å². The standard InChI is InChI=1S/C9H7F4NO2/c1-2-16-8(15)5-4-14-7(10)3-6(5)9(11,12)13/h3-4H,2H2,1H3. The fourth-order valence-corrected chi connectivity index (χ4v) is 1.04. The molecule has 0 saturated heterocycles. The number of hydrogen-bond acceptors (Lipinski definition) is 3. The zero-order chi connectivity index (χ0) is 12.3. The molecule has 88 valence electrons. The first kappa shape index (κ1) is 12.4. The van der Waals surface area contributed by atoms with Crippen LogP contribution in [0.3, 0.4) is 0 Å². The van der Waals surface area contributed by atoms with E-state index in [1.807, 2.05) is 0 Å². The zero-order valence-corrected chi connectivity index (χ0v) is 8.14. The summed E-state index contributed by atoms with van der Waals surface area (Å²) in [4.78, 5) is 14.1. The van der Waals surface area contributed by atoms with Crippen LogP contribution >= 0.6 is 0 Å². The summed E-state index contributed by atoms with van der Waals surface area (Å²) >= 11 is 0. The van der Waals surface area contributed by atoms with Gasteiger partial charge in [0.15, 0.2) is 0 Å². The summed E-state index contributed by atoms with van der Waals surface area (Å²) in [6.07, 6.45) is -4.32. The van der Waals surface area contributed by atoms with Gasteiger partial charge in [-0.2, -0.15) is 17.6 Å². The number of esters is 1. The molecule has 0 saturated carbocycles. The number of nitrogens with zero attached hydrogens (tertiary/aromatic N) is 1. The molecule has 0 spiro atoms. The highest BCUT2D eigenvalue weighted by Crippen LogP contribution is 2.32. The molecule has 0 atom stereocenters. The number of alkyl halides is 3. The first-order valence-corrected chi connectivity index (χ1v) is 4.26. The summed E-state index contributed by atoms with van der Waals surface area (Å²) < 4.78 is 54.2. The predicted octanol–water partition coefficient (Wildman–Crippen LogP) is 2.42. The molecule has 3 nitrogen and oxygen atoms in total. The molecular formula is C9H7F4NO2. The van der Waals surface area contributed by atoms with Gasteiger partial charge in [0.2, 0.25) is 5.95 Å². The highest BCUT2D eigenvalue weighted by Gasteiger charge is 2.36. The van der Waals surface area contributed by atoms with E-state index in [1.54, 1.807) is 0 Å². The summed E-state index contributed by atoms with van der Waals surface area (Å²) in [6, 6.07) is 0.159. The molecule has 0 radical (unpaired) electrons. The molecule has 0 aliphatic rings. The Balaban J connectivity index is 3.23. The fraction of sp³-hybridized carbons (Fsp3) is 0.333. The lowest BCUT2D eigenvalue weighted by molar-refractivity contribution is -0.138. The molecule has 1 rings (SSSR count). The molecule has 0 unspecified atom stereocenters. The number of hydrogen-bond donors (Lipinski definition) is 0. The van der Waals surface area contributed by atoms with Gasteiger partial charge >= 0.3 is 12.1 Å². The van der Waals surface area contributed by atoms with Gasteiger partial charge in [0.25, 0.3) is 0 Å². The van der Waals surface area contributed by atoms with Gasteiger partial charge in [-0.05, 0) is 6.92 Å². The van der Waals surface area contributed by atoms with Crippen LogP contribution in [0, 0.1) is 5.95 Å². The molecule has 0 aliphatic heterocycles. The summed E-state index contributed by atoms with van der Waals surface area (Å²) in [5.74, 6) is -2.48. The van der Waals surface area contributed by atoms with Crippen molar-refractivity contribution in [3.05, 3.63) is 29.3 Å². The average molecular weight is 237 g/mol. The molecule has 7 heteroatoms. The van der Waals surface area contributed by atoms with Crippen molar-refractivity contribution in [2.45, 2.75) is 13.1 Å². The quantitative estimate of drug-likeness (QED) is 0.450. The molecule has 0 N–H and O–H groups in total. The molecule has 1 aromatic heterocycles. The summed E-state index contributed by atoms with van der Waals surface area (Å²) in [7, 11) is 0. The van der Waals surface area contributed by atoms with Crippen LogP contribution in [-0.2, 0) is 10.9 Å². The van der Waals surface area contributed by atoms with Crippen molar-refractivity contribution in [2.75, 3.05) is 6.61 Å². The Bertz CT molecular complexity index is 403. The molecule has 1 aromatic rings. The monoisotopic (exact) mass is 237 g/mol. The number of aromatic nitrogens is 1. The van der Waals surface area contributed by atoms with Crippen molar-refractivity contribution in [3.8, 4) is 0 Å². The molecule has 0 bridgehead atoms. The second kappa shape index (κ2) is 4.46. The topological polar surface area (TPSA) is 39.2 Å². The first-order valence-electron chi connectivity index (χ1n) is 4.26. The Morgan fingerprint density at radius 3 is 2.62 bits per heavy atom. The van der Waals surface area contributed by atoms with Crippen molar-refractivity contribution < 1.29 is 27.1 Å². The van der Waals surface area contributed by atoms with E-state index in [0.29, 0.717) is 6.20 Å². The third kappa shape index (κ3) is 2.68. The van der Waals surface area contributed by atoms with Crippen LogP contribution in [0.2, 0.25) is 0 Å². The molecular weight excluding hydrogens is 230 g/mol. The van der Waals surface area contributed by atoms with Crippen LogP contribution in [-0.4, -0.2) is 17.6 Å². The number of rotatable bonds is 2. The van der Waals surface area contributed by atoms with Crippen LogP contribution in [0.15, 0.2) is 12.3 Å². The molecule has 16 heavy (non-hydrogen) atoms. The number of ether oxygens (including phenoxy) is 1. The minimum absolute atomic E-state index is 0.0759. The number of halogens is 4. The van der Waals surface area contributed by atoms with Gasteiger partial charge in [-0.15, -0.1) is 0 Å². The van der Waals surface area contributed by atoms with Crippen molar-refractivity contribution in [1.29, 1.82) is 0 Å². The van der Waals surface area contributed by atoms with Crippen molar-refractivity contribution in [2.24, 2.45) is 0 Å². The Hall–Kier alpha value is -1.66. The van der Waals surface area contributed by atoms with Gasteiger partial charge in [0.1, 0.15) is 0 Å². The highest BCUT2D eigenvalue weighted by atomic mass is 19.4. The number of carbonyl (C=O) groups is 1. The van der Waals surface area contributed by atoms with Gasteiger partial charge < -0.3 is 4.74 Å². The van der Waals surface area contributed by atoms with E-state index in [2.05, 4.69) is 9.72 Å². The molecule has 0 aromatic carbocycles. The van der Waals surface area contributed by atoms with Crippen LogP contribution in [0.1, 0.15) is 22.8 Å². The minimum atomic E-state index is -4.83. The van der Waals surface area contributed by atoms with Gasteiger partial charge in [-0.25, -0.2) is 9.78 Å². The van der Waals surface area contributed by atoms with Crippen molar-refractivity contribution in [3.63, 3.8) is 0 Å². The lowest BCUT2D eigenvalue weighted by Gasteiger charge is -2.11. The van der Waals surface area contributed by atoms with Crippen molar-refractivity contribution in [1.82, 2.24) is 4.98 Å². The Kier molecular flexibility index (Phi) is 3.46. The van der Waals surface area contributed by atoms with Crippen LogP contribution < -0.4 is 0 Å². The second-order valence-corrected chi connectivity index (χ2v) is 2.77. The van der Waals surface area contributed by atoms with E-state index in [1.165, 1.54) is 6.92 Å².